The van der Waals surface area contributed by atoms with Crippen molar-refractivity contribution in [3.63, 3.8) is 0 Å². The van der Waals surface area contributed by atoms with Gasteiger partial charge in [0.15, 0.2) is 0 Å². The predicted octanol–water partition coefficient (Wildman–Crippen LogP) is 1.15. The van der Waals surface area contributed by atoms with Gasteiger partial charge in [0.05, 0.1) is 9.79 Å². The van der Waals surface area contributed by atoms with Crippen molar-refractivity contribution >= 4 is 20.0 Å². The Labute approximate surface area is 161 Å². The van der Waals surface area contributed by atoms with Crippen molar-refractivity contribution in [3.8, 4) is 0 Å². The minimum Gasteiger partial charge on any atom is -0.314 e. The molecular formula is C18H25N3O4S2. The van der Waals surface area contributed by atoms with Crippen LogP contribution in [-0.4, -0.2) is 43.0 Å². The van der Waals surface area contributed by atoms with Crippen LogP contribution in [0.3, 0.4) is 0 Å². The number of hydrogen-bond acceptors (Lipinski definition) is 5. The third-order valence-corrected chi connectivity index (χ3v) is 6.80. The van der Waals surface area contributed by atoms with E-state index < -0.39 is 20.0 Å². The normalized spacial score (nSPS) is 12.2. The molecule has 0 bridgehead atoms. The first kappa shape index (κ1) is 21.5. The highest BCUT2D eigenvalue weighted by Crippen LogP contribution is 2.10. The number of nitrogens with one attached hydrogen (secondary N) is 3. The second kappa shape index (κ2) is 9.43. The summed E-state index contributed by atoms with van der Waals surface area (Å²) >= 11 is 0. The lowest BCUT2D eigenvalue weighted by Gasteiger charge is -2.09. The fourth-order valence-corrected chi connectivity index (χ4v) is 4.34. The Bertz CT molecular complexity index is 860. The summed E-state index contributed by atoms with van der Waals surface area (Å²) in [6, 6.07) is 13.2. The van der Waals surface area contributed by atoms with Gasteiger partial charge in [0, 0.05) is 26.2 Å². The molecule has 0 unspecified atom stereocenters. The van der Waals surface area contributed by atoms with Crippen LogP contribution >= 0.6 is 0 Å². The second-order valence-electron chi connectivity index (χ2n) is 6.17. The molecule has 0 aliphatic heterocycles. The van der Waals surface area contributed by atoms with Crippen molar-refractivity contribution in [2.24, 2.45) is 0 Å². The maximum Gasteiger partial charge on any atom is 0.240 e. The van der Waals surface area contributed by atoms with Crippen LogP contribution in [-0.2, 0) is 20.0 Å². The quantitative estimate of drug-likeness (QED) is 0.509. The van der Waals surface area contributed by atoms with Crippen LogP contribution in [0.1, 0.15) is 11.1 Å². The summed E-state index contributed by atoms with van der Waals surface area (Å²) in [7, 11) is -7.07. The average Bonchev–Trinajstić information content (AvgIpc) is 2.61. The van der Waals surface area contributed by atoms with E-state index >= 15 is 0 Å². The van der Waals surface area contributed by atoms with E-state index in [1.165, 1.54) is 0 Å². The highest BCUT2D eigenvalue weighted by molar-refractivity contribution is 7.89. The number of benzene rings is 2. The van der Waals surface area contributed by atoms with Crippen LogP contribution < -0.4 is 14.8 Å². The fourth-order valence-electron chi connectivity index (χ4n) is 2.27. The van der Waals surface area contributed by atoms with E-state index in [-0.39, 0.29) is 22.9 Å². The molecule has 0 saturated carbocycles. The Morgan fingerprint density at radius 3 is 1.26 bits per heavy atom. The molecule has 0 aromatic heterocycles. The highest BCUT2D eigenvalue weighted by atomic mass is 32.2. The zero-order chi connectivity index (χ0) is 19.9. The predicted molar refractivity (Wildman–Crippen MR) is 106 cm³/mol. The molecule has 0 saturated heterocycles. The summed E-state index contributed by atoms with van der Waals surface area (Å²) in [4.78, 5) is 0.443. The van der Waals surface area contributed by atoms with Gasteiger partial charge in [0.1, 0.15) is 0 Å². The lowest BCUT2D eigenvalue weighted by molar-refractivity contribution is 0.570. The third-order valence-electron chi connectivity index (χ3n) is 3.85. The fraction of sp³-hybridized carbons (Fsp3) is 0.333. The Kier molecular flexibility index (Phi) is 7.51. The molecule has 2 rings (SSSR count). The molecule has 0 spiro atoms. The average molecular weight is 412 g/mol. The molecule has 7 nitrogen and oxygen atoms in total. The highest BCUT2D eigenvalue weighted by Gasteiger charge is 2.13. The number of hydrogen-bond donors (Lipinski definition) is 3. The lowest BCUT2D eigenvalue weighted by atomic mass is 10.2. The van der Waals surface area contributed by atoms with Crippen LogP contribution in [0.5, 0.6) is 0 Å². The molecule has 0 heterocycles. The molecule has 2 aromatic carbocycles. The molecule has 148 valence electrons. The van der Waals surface area contributed by atoms with Crippen LogP contribution in [0.25, 0.3) is 0 Å². The topological polar surface area (TPSA) is 104 Å². The summed E-state index contributed by atoms with van der Waals surface area (Å²) in [6.45, 7) is 4.97. The first-order chi connectivity index (χ1) is 12.7. The summed E-state index contributed by atoms with van der Waals surface area (Å²) in [5.74, 6) is 0. The van der Waals surface area contributed by atoms with Gasteiger partial charge in [-0.25, -0.2) is 26.3 Å². The lowest BCUT2D eigenvalue weighted by Crippen LogP contribution is -2.36. The van der Waals surface area contributed by atoms with Crippen LogP contribution in [0.15, 0.2) is 58.3 Å². The van der Waals surface area contributed by atoms with Crippen LogP contribution in [0.2, 0.25) is 0 Å². The van der Waals surface area contributed by atoms with E-state index in [1.807, 2.05) is 13.8 Å². The number of aryl methyl sites for hydroxylation is 2. The summed E-state index contributed by atoms with van der Waals surface area (Å²) < 4.78 is 53.5. The zero-order valence-electron chi connectivity index (χ0n) is 15.4. The molecule has 2 aromatic rings. The molecule has 0 aliphatic carbocycles. The van der Waals surface area contributed by atoms with Crippen molar-refractivity contribution in [2.75, 3.05) is 26.2 Å². The Morgan fingerprint density at radius 2 is 0.926 bits per heavy atom. The molecule has 0 amide bonds. The van der Waals surface area contributed by atoms with E-state index in [0.29, 0.717) is 13.1 Å². The standard InChI is InChI=1S/C18H25N3O4S2/c1-15-3-7-17(8-4-15)26(22,23)20-13-11-19-12-14-21-27(24,25)18-9-5-16(2)6-10-18/h3-10,19-21H,11-14H2,1-2H3. The monoisotopic (exact) mass is 411 g/mol. The van der Waals surface area contributed by atoms with Crippen LogP contribution in [0, 0.1) is 13.8 Å². The van der Waals surface area contributed by atoms with Crippen molar-refractivity contribution in [1.29, 1.82) is 0 Å². The molecule has 0 atom stereocenters. The largest absolute Gasteiger partial charge is 0.314 e. The van der Waals surface area contributed by atoms with Crippen LogP contribution in [0.4, 0.5) is 0 Å². The van der Waals surface area contributed by atoms with E-state index in [0.717, 1.165) is 11.1 Å². The minimum absolute atomic E-state index is 0.209. The SMILES string of the molecule is Cc1ccc(S(=O)(=O)NCCNCCNS(=O)(=O)c2ccc(C)cc2)cc1. The molecule has 9 heteroatoms. The Morgan fingerprint density at radius 1 is 0.593 bits per heavy atom. The van der Waals surface area contributed by atoms with E-state index in [2.05, 4.69) is 14.8 Å². The van der Waals surface area contributed by atoms with E-state index in [9.17, 15) is 16.8 Å². The van der Waals surface area contributed by atoms with Gasteiger partial charge in [0.25, 0.3) is 0 Å². The maximum absolute atomic E-state index is 12.1. The van der Waals surface area contributed by atoms with Crippen molar-refractivity contribution < 1.29 is 16.8 Å². The van der Waals surface area contributed by atoms with Gasteiger partial charge in [-0.15, -0.1) is 0 Å². The first-order valence-electron chi connectivity index (χ1n) is 8.54. The smallest absolute Gasteiger partial charge is 0.240 e. The van der Waals surface area contributed by atoms with Crippen molar-refractivity contribution in [1.82, 2.24) is 14.8 Å². The zero-order valence-corrected chi connectivity index (χ0v) is 17.0. The van der Waals surface area contributed by atoms with E-state index in [4.69, 9.17) is 0 Å². The van der Waals surface area contributed by atoms with E-state index in [1.54, 1.807) is 48.5 Å². The van der Waals surface area contributed by atoms with Crippen molar-refractivity contribution in [3.05, 3.63) is 59.7 Å². The summed E-state index contributed by atoms with van der Waals surface area (Å²) in [6.07, 6.45) is 0. The van der Waals surface area contributed by atoms with Gasteiger partial charge in [-0.1, -0.05) is 35.4 Å². The molecule has 27 heavy (non-hydrogen) atoms. The molecule has 0 radical (unpaired) electrons. The number of rotatable bonds is 10. The minimum atomic E-state index is -3.53. The molecule has 3 N–H and O–H groups in total. The number of sulfonamides is 2. The second-order valence-corrected chi connectivity index (χ2v) is 9.71. The first-order valence-corrected chi connectivity index (χ1v) is 11.5. The van der Waals surface area contributed by atoms with Gasteiger partial charge in [-0.2, -0.15) is 0 Å². The summed E-state index contributed by atoms with van der Waals surface area (Å²) in [5.41, 5.74) is 1.98. The van der Waals surface area contributed by atoms with Gasteiger partial charge in [-0.05, 0) is 38.1 Å². The van der Waals surface area contributed by atoms with Gasteiger partial charge in [0.2, 0.25) is 20.0 Å². The molecule has 0 aliphatic rings. The Balaban J connectivity index is 1.68. The van der Waals surface area contributed by atoms with Gasteiger partial charge < -0.3 is 5.32 Å². The van der Waals surface area contributed by atoms with Gasteiger partial charge in [-0.3, -0.25) is 0 Å². The maximum atomic E-state index is 12.1. The molecule has 0 fully saturated rings. The summed E-state index contributed by atoms with van der Waals surface area (Å²) in [5, 5.41) is 3.00. The molecular weight excluding hydrogens is 386 g/mol. The Hall–Kier alpha value is -1.78. The van der Waals surface area contributed by atoms with Gasteiger partial charge >= 0.3 is 0 Å². The van der Waals surface area contributed by atoms with Crippen molar-refractivity contribution in [2.45, 2.75) is 23.6 Å². The third kappa shape index (κ3) is 6.71.